The zero-order valence-electron chi connectivity index (χ0n) is 12.6. The van der Waals surface area contributed by atoms with Crippen molar-refractivity contribution in [1.29, 1.82) is 0 Å². The van der Waals surface area contributed by atoms with Gasteiger partial charge in [-0.25, -0.2) is 0 Å². The minimum Gasteiger partial charge on any atom is -0.381 e. The van der Waals surface area contributed by atoms with Crippen molar-refractivity contribution in [1.82, 2.24) is 20.0 Å². The summed E-state index contributed by atoms with van der Waals surface area (Å²) < 4.78 is 8.78. The van der Waals surface area contributed by atoms with E-state index in [0.717, 1.165) is 43.7 Å². The molecule has 0 bridgehead atoms. The molecule has 0 radical (unpaired) electrons. The summed E-state index contributed by atoms with van der Waals surface area (Å²) in [6, 6.07) is 0.307. The van der Waals surface area contributed by atoms with E-state index in [1.54, 1.807) is 0 Å². The van der Waals surface area contributed by atoms with Gasteiger partial charge in [-0.2, -0.15) is 5.10 Å². The molecule has 1 fully saturated rings. The standard InChI is InChI=1S/C14H25BrN4O/c1-4-16-13(11-5-8-20-10-11)14-12(15)9-17-19(14)7-6-18(2)3/h9,11,13,16H,4-8,10H2,1-3H3. The molecule has 1 saturated heterocycles. The summed E-state index contributed by atoms with van der Waals surface area (Å²) in [4.78, 5) is 2.18. The van der Waals surface area contributed by atoms with Gasteiger partial charge >= 0.3 is 0 Å². The van der Waals surface area contributed by atoms with Crippen molar-refractivity contribution in [3.63, 3.8) is 0 Å². The lowest BCUT2D eigenvalue weighted by Gasteiger charge is -2.25. The van der Waals surface area contributed by atoms with Gasteiger partial charge in [0.1, 0.15) is 0 Å². The number of aromatic nitrogens is 2. The molecule has 0 spiro atoms. The molecule has 0 aromatic carbocycles. The summed E-state index contributed by atoms with van der Waals surface area (Å²) >= 11 is 3.66. The minimum atomic E-state index is 0.307. The molecule has 1 aliphatic rings. The van der Waals surface area contributed by atoms with Gasteiger partial charge in [0.2, 0.25) is 0 Å². The number of nitrogens with one attached hydrogen (secondary N) is 1. The molecule has 6 heteroatoms. The Kier molecular flexibility index (Phi) is 6.01. The van der Waals surface area contributed by atoms with E-state index in [2.05, 4.69) is 56.9 Å². The van der Waals surface area contributed by atoms with Crippen molar-refractivity contribution in [2.24, 2.45) is 5.92 Å². The van der Waals surface area contributed by atoms with E-state index in [9.17, 15) is 0 Å². The lowest BCUT2D eigenvalue weighted by molar-refractivity contribution is 0.175. The number of hydrogen-bond donors (Lipinski definition) is 1. The quantitative estimate of drug-likeness (QED) is 0.820. The van der Waals surface area contributed by atoms with Gasteiger partial charge in [0, 0.05) is 19.1 Å². The first-order valence-corrected chi connectivity index (χ1v) is 8.09. The van der Waals surface area contributed by atoms with Crippen molar-refractivity contribution in [3.8, 4) is 0 Å². The Morgan fingerprint density at radius 3 is 3.00 bits per heavy atom. The number of ether oxygens (including phenoxy) is 1. The number of rotatable bonds is 7. The third-order valence-corrected chi connectivity index (χ3v) is 4.36. The molecule has 5 nitrogen and oxygen atoms in total. The average molecular weight is 345 g/mol. The molecule has 2 atom stereocenters. The molecular formula is C14H25BrN4O. The second-order valence-electron chi connectivity index (χ2n) is 5.56. The lowest BCUT2D eigenvalue weighted by Crippen LogP contribution is -2.32. The molecule has 1 aliphatic heterocycles. The highest BCUT2D eigenvalue weighted by Gasteiger charge is 2.30. The molecule has 1 aromatic heterocycles. The van der Waals surface area contributed by atoms with E-state index >= 15 is 0 Å². The van der Waals surface area contributed by atoms with Gasteiger partial charge in [0.05, 0.1) is 35.6 Å². The lowest BCUT2D eigenvalue weighted by atomic mass is 9.96. The molecule has 2 rings (SSSR count). The number of nitrogens with zero attached hydrogens (tertiary/aromatic N) is 3. The summed E-state index contributed by atoms with van der Waals surface area (Å²) in [5, 5.41) is 8.14. The highest BCUT2D eigenvalue weighted by molar-refractivity contribution is 9.10. The maximum Gasteiger partial charge on any atom is 0.0699 e. The summed E-state index contributed by atoms with van der Waals surface area (Å²) in [7, 11) is 4.18. The van der Waals surface area contributed by atoms with Crippen LogP contribution >= 0.6 is 15.9 Å². The Balaban J connectivity index is 2.19. The van der Waals surface area contributed by atoms with Crippen LogP contribution in [0.15, 0.2) is 10.7 Å². The minimum absolute atomic E-state index is 0.307. The Morgan fingerprint density at radius 2 is 2.40 bits per heavy atom. The number of hydrogen-bond acceptors (Lipinski definition) is 4. The molecule has 0 aliphatic carbocycles. The topological polar surface area (TPSA) is 42.3 Å². The Morgan fingerprint density at radius 1 is 1.60 bits per heavy atom. The van der Waals surface area contributed by atoms with Gasteiger partial charge in [-0.15, -0.1) is 0 Å². The fraction of sp³-hybridized carbons (Fsp3) is 0.786. The number of likely N-dealkylation sites (N-methyl/N-ethyl adjacent to an activating group) is 1. The molecule has 20 heavy (non-hydrogen) atoms. The maximum absolute atomic E-state index is 5.57. The predicted molar refractivity (Wildman–Crippen MR) is 83.8 cm³/mol. The fourth-order valence-corrected chi connectivity index (χ4v) is 3.22. The zero-order valence-corrected chi connectivity index (χ0v) is 14.2. The fourth-order valence-electron chi connectivity index (χ4n) is 2.68. The molecular weight excluding hydrogens is 320 g/mol. The SMILES string of the molecule is CCNC(c1c(Br)cnn1CCN(C)C)C1CCOC1. The highest BCUT2D eigenvalue weighted by atomic mass is 79.9. The second kappa shape index (κ2) is 7.54. The summed E-state index contributed by atoms with van der Waals surface area (Å²) in [6.07, 6.45) is 3.02. The van der Waals surface area contributed by atoms with E-state index < -0.39 is 0 Å². The van der Waals surface area contributed by atoms with Gasteiger partial charge in [-0.05, 0) is 43.0 Å². The highest BCUT2D eigenvalue weighted by Crippen LogP contribution is 2.33. The van der Waals surface area contributed by atoms with Crippen LogP contribution in [0.3, 0.4) is 0 Å². The van der Waals surface area contributed by atoms with Gasteiger partial charge in [0.25, 0.3) is 0 Å². The monoisotopic (exact) mass is 344 g/mol. The van der Waals surface area contributed by atoms with Crippen LogP contribution < -0.4 is 5.32 Å². The van der Waals surface area contributed by atoms with E-state index in [0.29, 0.717) is 12.0 Å². The summed E-state index contributed by atoms with van der Waals surface area (Å²) in [5.41, 5.74) is 1.25. The first kappa shape index (κ1) is 15.9. The van der Waals surface area contributed by atoms with Crippen LogP contribution in [0.1, 0.15) is 25.1 Å². The van der Waals surface area contributed by atoms with Gasteiger partial charge in [-0.1, -0.05) is 6.92 Å². The average Bonchev–Trinajstić information content (AvgIpc) is 3.04. The van der Waals surface area contributed by atoms with Gasteiger partial charge in [-0.3, -0.25) is 4.68 Å². The van der Waals surface area contributed by atoms with E-state index in [-0.39, 0.29) is 0 Å². The maximum atomic E-state index is 5.57. The van der Waals surface area contributed by atoms with Gasteiger partial charge in [0.15, 0.2) is 0 Å². The first-order valence-electron chi connectivity index (χ1n) is 7.30. The van der Waals surface area contributed by atoms with Crippen molar-refractivity contribution in [2.45, 2.75) is 25.9 Å². The molecule has 1 N–H and O–H groups in total. The Labute approximate surface area is 129 Å². The van der Waals surface area contributed by atoms with Crippen molar-refractivity contribution >= 4 is 15.9 Å². The van der Waals surface area contributed by atoms with Gasteiger partial charge < -0.3 is 15.0 Å². The van der Waals surface area contributed by atoms with Crippen LogP contribution in [0, 0.1) is 5.92 Å². The van der Waals surface area contributed by atoms with Crippen molar-refractivity contribution in [2.75, 3.05) is 40.4 Å². The molecule has 1 aromatic rings. The zero-order chi connectivity index (χ0) is 14.5. The molecule has 2 heterocycles. The summed E-state index contributed by atoms with van der Waals surface area (Å²) in [5.74, 6) is 0.529. The Hall–Kier alpha value is -0.430. The third kappa shape index (κ3) is 3.81. The molecule has 0 amide bonds. The van der Waals surface area contributed by atoms with Crippen molar-refractivity contribution < 1.29 is 4.74 Å². The van der Waals surface area contributed by atoms with E-state index in [1.165, 1.54) is 5.69 Å². The van der Waals surface area contributed by atoms with Crippen LogP contribution in [-0.4, -0.2) is 55.1 Å². The van der Waals surface area contributed by atoms with E-state index in [4.69, 9.17) is 4.74 Å². The van der Waals surface area contributed by atoms with Crippen LogP contribution in [-0.2, 0) is 11.3 Å². The first-order chi connectivity index (χ1) is 9.63. The van der Waals surface area contributed by atoms with Crippen LogP contribution in [0.5, 0.6) is 0 Å². The van der Waals surface area contributed by atoms with Crippen LogP contribution in [0.2, 0.25) is 0 Å². The number of halogens is 1. The summed E-state index contributed by atoms with van der Waals surface area (Å²) in [6.45, 7) is 6.70. The molecule has 2 unspecified atom stereocenters. The normalized spacial score (nSPS) is 20.8. The van der Waals surface area contributed by atoms with Crippen molar-refractivity contribution in [3.05, 3.63) is 16.4 Å². The van der Waals surface area contributed by atoms with Crippen LogP contribution in [0.25, 0.3) is 0 Å². The second-order valence-corrected chi connectivity index (χ2v) is 6.42. The Bertz CT molecular complexity index is 415. The van der Waals surface area contributed by atoms with Crippen LogP contribution in [0.4, 0.5) is 0 Å². The third-order valence-electron chi connectivity index (χ3n) is 3.75. The van der Waals surface area contributed by atoms with E-state index in [1.807, 2.05) is 6.20 Å². The predicted octanol–water partition coefficient (Wildman–Crippen LogP) is 1.89. The molecule has 114 valence electrons. The molecule has 0 saturated carbocycles. The smallest absolute Gasteiger partial charge is 0.0699 e. The largest absolute Gasteiger partial charge is 0.381 e.